The summed E-state index contributed by atoms with van der Waals surface area (Å²) in [6.07, 6.45) is 3.56. The van der Waals surface area contributed by atoms with Crippen molar-refractivity contribution in [2.75, 3.05) is 13.2 Å². The van der Waals surface area contributed by atoms with Crippen LogP contribution in [-0.4, -0.2) is 13.2 Å². The van der Waals surface area contributed by atoms with Gasteiger partial charge in [0.25, 0.3) is 0 Å². The van der Waals surface area contributed by atoms with Crippen LogP contribution in [0.15, 0.2) is 122 Å². The molecule has 2 heteroatoms. The van der Waals surface area contributed by atoms with E-state index >= 15 is 0 Å². The molecule has 0 heterocycles. The molecule has 0 amide bonds. The first-order valence-electron chi connectivity index (χ1n) is 11.2. The summed E-state index contributed by atoms with van der Waals surface area (Å²) in [5.74, 6) is 1.67. The van der Waals surface area contributed by atoms with E-state index < -0.39 is 5.41 Å². The minimum Gasteiger partial charge on any atom is -0.489 e. The van der Waals surface area contributed by atoms with Crippen LogP contribution in [0.2, 0.25) is 0 Å². The Morgan fingerprint density at radius 1 is 0.515 bits per heavy atom. The van der Waals surface area contributed by atoms with E-state index in [0.29, 0.717) is 13.2 Å². The van der Waals surface area contributed by atoms with Crippen LogP contribution in [0.3, 0.4) is 0 Å². The highest BCUT2D eigenvalue weighted by Gasteiger charge is 2.48. The molecule has 0 bridgehead atoms. The summed E-state index contributed by atoms with van der Waals surface area (Å²) in [4.78, 5) is 0. The lowest BCUT2D eigenvalue weighted by atomic mass is 9.67. The van der Waals surface area contributed by atoms with Gasteiger partial charge in [-0.1, -0.05) is 110 Å². The third kappa shape index (κ3) is 3.27. The van der Waals surface area contributed by atoms with Crippen LogP contribution in [0, 0.1) is 0 Å². The van der Waals surface area contributed by atoms with Crippen LogP contribution in [0.4, 0.5) is 0 Å². The summed E-state index contributed by atoms with van der Waals surface area (Å²) in [6, 6.07) is 33.9. The molecule has 0 saturated carbocycles. The highest BCUT2D eigenvalue weighted by molar-refractivity contribution is 5.87. The fraction of sp³-hybridized carbons (Fsp3) is 0.0968. The van der Waals surface area contributed by atoms with Gasteiger partial charge >= 0.3 is 0 Å². The van der Waals surface area contributed by atoms with E-state index in [0.717, 1.165) is 22.6 Å². The number of hydrogen-bond acceptors (Lipinski definition) is 2. The van der Waals surface area contributed by atoms with Gasteiger partial charge in [0, 0.05) is 11.1 Å². The van der Waals surface area contributed by atoms with Crippen molar-refractivity contribution in [3.8, 4) is 22.6 Å². The zero-order chi connectivity index (χ0) is 22.7. The zero-order valence-electron chi connectivity index (χ0n) is 18.5. The Hall–Kier alpha value is -4.04. The fourth-order valence-corrected chi connectivity index (χ4v) is 5.06. The van der Waals surface area contributed by atoms with Crippen molar-refractivity contribution in [1.82, 2.24) is 0 Å². The number of fused-ring (bicyclic) bond motifs is 3. The molecule has 33 heavy (non-hydrogen) atoms. The van der Waals surface area contributed by atoms with Crippen molar-refractivity contribution >= 4 is 0 Å². The monoisotopic (exact) mass is 430 g/mol. The first-order valence-corrected chi connectivity index (χ1v) is 11.2. The normalized spacial score (nSPS) is 13.0. The quantitative estimate of drug-likeness (QED) is 0.243. The molecule has 5 rings (SSSR count). The van der Waals surface area contributed by atoms with Gasteiger partial charge in [0.1, 0.15) is 24.7 Å². The fourth-order valence-electron chi connectivity index (χ4n) is 5.06. The molecular weight excluding hydrogens is 404 g/mol. The molecule has 0 aliphatic heterocycles. The molecule has 1 aliphatic rings. The van der Waals surface area contributed by atoms with Crippen molar-refractivity contribution in [1.29, 1.82) is 0 Å². The van der Waals surface area contributed by atoms with E-state index in [1.807, 2.05) is 24.3 Å². The molecule has 162 valence electrons. The van der Waals surface area contributed by atoms with E-state index in [-0.39, 0.29) is 0 Å². The van der Waals surface area contributed by atoms with Gasteiger partial charge < -0.3 is 9.47 Å². The zero-order valence-corrected chi connectivity index (χ0v) is 18.5. The number of para-hydroxylation sites is 2. The van der Waals surface area contributed by atoms with E-state index in [4.69, 9.17) is 9.47 Å². The van der Waals surface area contributed by atoms with Gasteiger partial charge in [-0.25, -0.2) is 0 Å². The maximum atomic E-state index is 6.22. The Bertz CT molecular complexity index is 1210. The van der Waals surface area contributed by atoms with Crippen LogP contribution in [0.1, 0.15) is 22.3 Å². The van der Waals surface area contributed by atoms with Crippen molar-refractivity contribution in [3.63, 3.8) is 0 Å². The second kappa shape index (κ2) is 8.84. The number of rotatable bonds is 8. The Morgan fingerprint density at radius 2 is 0.879 bits per heavy atom. The molecule has 4 aromatic carbocycles. The average Bonchev–Trinajstić information content (AvgIpc) is 3.18. The van der Waals surface area contributed by atoms with Crippen molar-refractivity contribution in [2.45, 2.75) is 5.41 Å². The molecular formula is C31H26O2. The molecule has 4 aromatic rings. The average molecular weight is 431 g/mol. The molecule has 0 radical (unpaired) electrons. The van der Waals surface area contributed by atoms with Gasteiger partial charge in [0.05, 0.1) is 5.41 Å². The molecule has 0 fully saturated rings. The molecule has 0 aromatic heterocycles. The van der Waals surface area contributed by atoms with Gasteiger partial charge in [-0.05, 0) is 34.4 Å². The first kappa shape index (κ1) is 20.8. The summed E-state index contributed by atoms with van der Waals surface area (Å²) in [6.45, 7) is 8.56. The van der Waals surface area contributed by atoms with E-state index in [1.165, 1.54) is 22.3 Å². The SMILES string of the molecule is C=CCOc1ccccc1C1(c2ccccc2OCC=C)c2ccccc2-c2ccccc21. The summed E-state index contributed by atoms with van der Waals surface area (Å²) in [5, 5.41) is 0. The Morgan fingerprint density at radius 3 is 1.30 bits per heavy atom. The standard InChI is InChI=1S/C31H26O2/c1-3-21-32-29-19-11-9-17-27(29)31(28-18-10-12-20-30(28)33-22-4-2)25-15-7-5-13-23(25)24-14-6-8-16-26(24)31/h3-20H,1-2,21-22H2. The van der Waals surface area contributed by atoms with Crippen LogP contribution in [0.25, 0.3) is 11.1 Å². The van der Waals surface area contributed by atoms with Crippen molar-refractivity contribution < 1.29 is 9.47 Å². The number of ether oxygens (including phenoxy) is 2. The minimum atomic E-state index is -0.595. The lowest BCUT2D eigenvalue weighted by molar-refractivity contribution is 0.348. The van der Waals surface area contributed by atoms with Crippen LogP contribution in [-0.2, 0) is 5.41 Å². The number of benzene rings is 4. The Balaban J connectivity index is 1.92. The first-order chi connectivity index (χ1) is 16.3. The van der Waals surface area contributed by atoms with Gasteiger partial charge in [-0.15, -0.1) is 0 Å². The van der Waals surface area contributed by atoms with Gasteiger partial charge in [0.2, 0.25) is 0 Å². The smallest absolute Gasteiger partial charge is 0.124 e. The highest BCUT2D eigenvalue weighted by Crippen LogP contribution is 2.59. The summed E-state index contributed by atoms with van der Waals surface area (Å²) < 4.78 is 12.4. The molecule has 0 atom stereocenters. The largest absolute Gasteiger partial charge is 0.489 e. The maximum absolute atomic E-state index is 6.22. The molecule has 0 unspecified atom stereocenters. The Kier molecular flexibility index (Phi) is 5.58. The maximum Gasteiger partial charge on any atom is 0.124 e. The topological polar surface area (TPSA) is 18.5 Å². The lowest BCUT2D eigenvalue weighted by Crippen LogP contribution is -2.30. The second-order valence-electron chi connectivity index (χ2n) is 8.03. The molecule has 0 spiro atoms. The molecule has 0 saturated heterocycles. The summed E-state index contributed by atoms with van der Waals surface area (Å²) in [5.41, 5.74) is 6.46. The van der Waals surface area contributed by atoms with Crippen molar-refractivity contribution in [3.05, 3.63) is 145 Å². The third-order valence-electron chi connectivity index (χ3n) is 6.25. The predicted molar refractivity (Wildman–Crippen MR) is 135 cm³/mol. The minimum absolute atomic E-state index is 0.436. The summed E-state index contributed by atoms with van der Waals surface area (Å²) >= 11 is 0. The van der Waals surface area contributed by atoms with E-state index in [9.17, 15) is 0 Å². The molecule has 0 N–H and O–H groups in total. The van der Waals surface area contributed by atoms with Crippen LogP contribution >= 0.6 is 0 Å². The van der Waals surface area contributed by atoms with E-state index in [1.54, 1.807) is 12.2 Å². The lowest BCUT2D eigenvalue weighted by Gasteiger charge is -2.36. The third-order valence-corrected chi connectivity index (χ3v) is 6.25. The van der Waals surface area contributed by atoms with Crippen LogP contribution in [0.5, 0.6) is 11.5 Å². The van der Waals surface area contributed by atoms with Crippen LogP contribution < -0.4 is 9.47 Å². The molecule has 2 nitrogen and oxygen atoms in total. The number of hydrogen-bond donors (Lipinski definition) is 0. The second-order valence-corrected chi connectivity index (χ2v) is 8.03. The van der Waals surface area contributed by atoms with Gasteiger partial charge in [0.15, 0.2) is 0 Å². The van der Waals surface area contributed by atoms with E-state index in [2.05, 4.69) is 86.0 Å². The summed E-state index contributed by atoms with van der Waals surface area (Å²) in [7, 11) is 0. The highest BCUT2D eigenvalue weighted by atomic mass is 16.5. The van der Waals surface area contributed by atoms with Gasteiger partial charge in [-0.3, -0.25) is 0 Å². The Labute approximate surface area is 195 Å². The molecule has 1 aliphatic carbocycles. The predicted octanol–water partition coefficient (Wildman–Crippen LogP) is 7.18. The van der Waals surface area contributed by atoms with Crippen molar-refractivity contribution in [2.24, 2.45) is 0 Å². The van der Waals surface area contributed by atoms with Gasteiger partial charge in [-0.2, -0.15) is 0 Å².